The Bertz CT molecular complexity index is 513. The van der Waals surface area contributed by atoms with Gasteiger partial charge in [0.25, 0.3) is 0 Å². The van der Waals surface area contributed by atoms with Gasteiger partial charge in [0.2, 0.25) is 0 Å². The SMILES string of the molecule is CCCC(=N/C=C(\N)c1cc(F)cpc1OC)C(C)C. The van der Waals surface area contributed by atoms with Gasteiger partial charge in [0.15, 0.2) is 5.48 Å². The van der Waals surface area contributed by atoms with Gasteiger partial charge in [-0.25, -0.2) is 4.39 Å². The Morgan fingerprint density at radius 1 is 1.55 bits per heavy atom. The van der Waals surface area contributed by atoms with Crippen molar-refractivity contribution in [3.8, 4) is 5.48 Å². The van der Waals surface area contributed by atoms with Crippen LogP contribution in [-0.4, -0.2) is 12.8 Å². The first-order valence-corrected chi connectivity index (χ1v) is 7.68. The molecule has 20 heavy (non-hydrogen) atoms. The van der Waals surface area contributed by atoms with E-state index in [9.17, 15) is 4.39 Å². The molecular weight excluding hydrogens is 274 g/mol. The van der Waals surface area contributed by atoms with E-state index in [-0.39, 0.29) is 5.82 Å². The van der Waals surface area contributed by atoms with Crippen LogP contribution in [0.15, 0.2) is 23.1 Å². The van der Waals surface area contributed by atoms with Crippen molar-refractivity contribution in [2.45, 2.75) is 33.6 Å². The van der Waals surface area contributed by atoms with Gasteiger partial charge in [-0.1, -0.05) is 27.2 Å². The van der Waals surface area contributed by atoms with Crippen molar-refractivity contribution < 1.29 is 9.13 Å². The molecule has 2 N–H and O–H groups in total. The van der Waals surface area contributed by atoms with Crippen molar-refractivity contribution in [3.05, 3.63) is 29.4 Å². The summed E-state index contributed by atoms with van der Waals surface area (Å²) in [6.45, 7) is 6.32. The van der Waals surface area contributed by atoms with Crippen LogP contribution in [0.5, 0.6) is 5.48 Å². The van der Waals surface area contributed by atoms with Crippen LogP contribution in [0, 0.1) is 11.7 Å². The van der Waals surface area contributed by atoms with Gasteiger partial charge in [-0.05, 0) is 26.6 Å². The van der Waals surface area contributed by atoms with Crippen LogP contribution >= 0.6 is 8.19 Å². The molecular formula is C15H22FN2OP. The molecule has 0 saturated heterocycles. The molecule has 0 aliphatic heterocycles. The highest BCUT2D eigenvalue weighted by Gasteiger charge is 2.08. The summed E-state index contributed by atoms with van der Waals surface area (Å²) in [5, 5.41) is 0. The zero-order chi connectivity index (χ0) is 15.1. The van der Waals surface area contributed by atoms with Gasteiger partial charge in [0, 0.05) is 17.1 Å². The van der Waals surface area contributed by atoms with E-state index in [1.54, 1.807) is 13.3 Å². The number of aliphatic imine (C=N–C) groups is 1. The fourth-order valence-corrected chi connectivity index (χ4v) is 2.53. The standard InChI is InChI=1S/C15H22FN2OP/c1-5-6-14(10(2)3)18-8-13(17)12-7-11(16)9-20-15(12)19-4/h7-10H,5-6,17H2,1-4H3/b13-8-,18-14?. The largest absolute Gasteiger partial charge is 0.492 e. The molecule has 0 radical (unpaired) electrons. The molecule has 110 valence electrons. The third kappa shape index (κ3) is 4.61. The molecule has 1 aromatic rings. The molecule has 0 aliphatic carbocycles. The second-order valence-corrected chi connectivity index (χ2v) is 5.74. The third-order valence-electron chi connectivity index (χ3n) is 2.86. The zero-order valence-corrected chi connectivity index (χ0v) is 13.4. The minimum atomic E-state index is -0.305. The molecule has 0 amide bonds. The predicted octanol–water partition coefficient (Wildman–Crippen LogP) is 4.57. The highest BCUT2D eigenvalue weighted by atomic mass is 31.0. The van der Waals surface area contributed by atoms with Crippen molar-refractivity contribution in [2.24, 2.45) is 16.6 Å². The van der Waals surface area contributed by atoms with Crippen LogP contribution in [0.2, 0.25) is 0 Å². The number of halogens is 1. The van der Waals surface area contributed by atoms with Crippen LogP contribution in [0.25, 0.3) is 5.70 Å². The Morgan fingerprint density at radius 2 is 2.25 bits per heavy atom. The Kier molecular flexibility index (Phi) is 6.66. The number of nitrogens with zero attached hydrogens (tertiary/aromatic N) is 1. The van der Waals surface area contributed by atoms with Crippen molar-refractivity contribution >= 4 is 19.6 Å². The monoisotopic (exact) mass is 296 g/mol. The normalized spacial score (nSPS) is 13.3. The first-order chi connectivity index (χ1) is 9.49. The van der Waals surface area contributed by atoms with E-state index >= 15 is 0 Å². The number of rotatable bonds is 6. The van der Waals surface area contributed by atoms with E-state index in [1.807, 2.05) is 0 Å². The molecule has 0 aliphatic rings. The van der Waals surface area contributed by atoms with E-state index < -0.39 is 0 Å². The van der Waals surface area contributed by atoms with E-state index in [2.05, 4.69) is 25.8 Å². The van der Waals surface area contributed by atoms with Gasteiger partial charge < -0.3 is 10.5 Å². The Labute approximate surface area is 121 Å². The first kappa shape index (κ1) is 16.6. The maximum atomic E-state index is 13.3. The van der Waals surface area contributed by atoms with Crippen molar-refractivity contribution in [3.63, 3.8) is 0 Å². The second kappa shape index (κ2) is 8.01. The van der Waals surface area contributed by atoms with Gasteiger partial charge in [0.1, 0.15) is 5.82 Å². The molecule has 0 fully saturated rings. The van der Waals surface area contributed by atoms with E-state index in [1.165, 1.54) is 11.9 Å². The first-order valence-electron chi connectivity index (χ1n) is 6.71. The summed E-state index contributed by atoms with van der Waals surface area (Å²) < 4.78 is 18.6. The number of nitrogens with two attached hydrogens (primary N) is 1. The lowest BCUT2D eigenvalue weighted by atomic mass is 10.0. The Morgan fingerprint density at radius 3 is 2.80 bits per heavy atom. The van der Waals surface area contributed by atoms with Gasteiger partial charge >= 0.3 is 0 Å². The molecule has 1 heterocycles. The second-order valence-electron chi connectivity index (χ2n) is 4.82. The lowest BCUT2D eigenvalue weighted by molar-refractivity contribution is 0.425. The molecule has 1 rings (SSSR count). The minimum absolute atomic E-state index is 0.305. The molecule has 0 bridgehead atoms. The summed E-state index contributed by atoms with van der Waals surface area (Å²) in [7, 11) is 2.23. The van der Waals surface area contributed by atoms with Crippen LogP contribution in [0.3, 0.4) is 0 Å². The number of hydrogen-bond acceptors (Lipinski definition) is 3. The fourth-order valence-electron chi connectivity index (χ4n) is 1.78. The lowest BCUT2D eigenvalue weighted by Gasteiger charge is -2.09. The molecule has 3 nitrogen and oxygen atoms in total. The maximum Gasteiger partial charge on any atom is 0.154 e. The van der Waals surface area contributed by atoms with Gasteiger partial charge in [-0.2, -0.15) is 0 Å². The average molecular weight is 296 g/mol. The summed E-state index contributed by atoms with van der Waals surface area (Å²) in [5.41, 5.74) is 8.73. The molecule has 0 saturated carbocycles. The van der Waals surface area contributed by atoms with Crippen LogP contribution in [0.1, 0.15) is 39.2 Å². The quantitative estimate of drug-likeness (QED) is 0.782. The Hall–Kier alpha value is -1.41. The Balaban J connectivity index is 3.10. The molecule has 0 spiro atoms. The maximum absolute atomic E-state index is 13.3. The van der Waals surface area contributed by atoms with Crippen molar-refractivity contribution in [1.82, 2.24) is 0 Å². The summed E-state index contributed by atoms with van der Waals surface area (Å²) in [6.07, 6.45) is 3.58. The topological polar surface area (TPSA) is 47.6 Å². The van der Waals surface area contributed by atoms with Crippen molar-refractivity contribution in [1.29, 1.82) is 0 Å². The number of ether oxygens (including phenoxy) is 1. The fraction of sp³-hybridized carbons (Fsp3) is 0.467. The van der Waals surface area contributed by atoms with Crippen molar-refractivity contribution in [2.75, 3.05) is 7.11 Å². The van der Waals surface area contributed by atoms with Crippen LogP contribution in [-0.2, 0) is 0 Å². The van der Waals surface area contributed by atoms with Gasteiger partial charge in [-0.15, -0.1) is 0 Å². The van der Waals surface area contributed by atoms with Gasteiger partial charge in [0.05, 0.1) is 19.0 Å². The zero-order valence-electron chi connectivity index (χ0n) is 12.5. The molecule has 0 atom stereocenters. The molecule has 1 aromatic heterocycles. The average Bonchev–Trinajstić information content (AvgIpc) is 2.42. The molecule has 5 heteroatoms. The summed E-state index contributed by atoms with van der Waals surface area (Å²) in [6, 6.07) is 1.38. The smallest absolute Gasteiger partial charge is 0.154 e. The highest BCUT2D eigenvalue weighted by molar-refractivity contribution is 7.31. The third-order valence-corrected chi connectivity index (χ3v) is 3.90. The van der Waals surface area contributed by atoms with E-state index in [0.717, 1.165) is 18.6 Å². The van der Waals surface area contributed by atoms with E-state index in [4.69, 9.17) is 10.5 Å². The predicted molar refractivity (Wildman–Crippen MR) is 84.8 cm³/mol. The van der Waals surface area contributed by atoms with Crippen LogP contribution < -0.4 is 10.5 Å². The number of hydrogen-bond donors (Lipinski definition) is 1. The van der Waals surface area contributed by atoms with E-state index in [0.29, 0.717) is 30.9 Å². The van der Waals surface area contributed by atoms with Gasteiger partial charge in [-0.3, -0.25) is 4.99 Å². The highest BCUT2D eigenvalue weighted by Crippen LogP contribution is 2.32. The summed E-state index contributed by atoms with van der Waals surface area (Å²) in [4.78, 5) is 4.46. The van der Waals surface area contributed by atoms with Crippen LogP contribution in [0.4, 0.5) is 4.39 Å². The summed E-state index contributed by atoms with van der Waals surface area (Å²) in [5.74, 6) is 1.51. The molecule has 0 unspecified atom stereocenters. The molecule has 0 aromatic carbocycles. The minimum Gasteiger partial charge on any atom is -0.492 e. The number of methoxy groups -OCH3 is 1. The summed E-state index contributed by atoms with van der Waals surface area (Å²) >= 11 is 0. The lowest BCUT2D eigenvalue weighted by Crippen LogP contribution is -2.07.